The highest BCUT2D eigenvalue weighted by Gasteiger charge is 2.46. The molecule has 1 aliphatic heterocycles. The fraction of sp³-hybridized carbons (Fsp3) is 0.357. The molecule has 0 radical (unpaired) electrons. The van der Waals surface area contributed by atoms with E-state index < -0.39 is 29.4 Å². The van der Waals surface area contributed by atoms with Gasteiger partial charge in [0.1, 0.15) is 6.04 Å². The van der Waals surface area contributed by atoms with Gasteiger partial charge < -0.3 is 5.11 Å². The quantitative estimate of drug-likeness (QED) is 0.787. The third kappa shape index (κ3) is 2.42. The van der Waals surface area contributed by atoms with Gasteiger partial charge in [0.25, 0.3) is 0 Å². The van der Waals surface area contributed by atoms with Crippen LogP contribution < -0.4 is 5.32 Å². The number of piperazine rings is 1. The molecule has 1 aliphatic rings. The minimum atomic E-state index is -1.09. The molecule has 1 saturated heterocycles. The number of carboxylic acid groups (broad SMARTS) is 1. The minimum absolute atomic E-state index is 0.134. The lowest BCUT2D eigenvalue weighted by Gasteiger charge is -2.43. The summed E-state index contributed by atoms with van der Waals surface area (Å²) in [7, 11) is 0. The number of benzene rings is 1. The van der Waals surface area contributed by atoms with Gasteiger partial charge in [-0.3, -0.25) is 24.6 Å². The number of rotatable bonds is 3. The fourth-order valence-corrected chi connectivity index (χ4v) is 2.31. The molecule has 1 aromatic rings. The summed E-state index contributed by atoms with van der Waals surface area (Å²) in [6.07, 6.45) is 0. The smallest absolute Gasteiger partial charge is 0.325 e. The predicted octanol–water partition coefficient (Wildman–Crippen LogP) is 0.549. The van der Waals surface area contributed by atoms with Crippen LogP contribution in [0.25, 0.3) is 0 Å². The van der Waals surface area contributed by atoms with Crippen molar-refractivity contribution in [2.45, 2.75) is 25.4 Å². The maximum absolute atomic E-state index is 11.9. The second kappa shape index (κ2) is 5.05. The van der Waals surface area contributed by atoms with Crippen LogP contribution in [0.2, 0.25) is 0 Å². The van der Waals surface area contributed by atoms with Gasteiger partial charge in [-0.05, 0) is 19.4 Å². The van der Waals surface area contributed by atoms with E-state index in [1.165, 1.54) is 4.90 Å². The molecule has 1 fully saturated rings. The minimum Gasteiger partial charge on any atom is -0.480 e. The van der Waals surface area contributed by atoms with Crippen molar-refractivity contribution < 1.29 is 19.5 Å². The summed E-state index contributed by atoms with van der Waals surface area (Å²) in [5.41, 5.74) is -0.539. The maximum Gasteiger partial charge on any atom is 0.325 e. The first kappa shape index (κ1) is 14.2. The summed E-state index contributed by atoms with van der Waals surface area (Å²) in [6, 6.07) is 7.54. The molecule has 0 aliphatic carbocycles. The van der Waals surface area contributed by atoms with Gasteiger partial charge in [0.05, 0.1) is 12.1 Å². The molecule has 2 amide bonds. The number of imide groups is 1. The van der Waals surface area contributed by atoms with Crippen molar-refractivity contribution in [3.05, 3.63) is 35.9 Å². The van der Waals surface area contributed by atoms with Crippen LogP contribution in [0.4, 0.5) is 0 Å². The van der Waals surface area contributed by atoms with E-state index in [2.05, 4.69) is 5.32 Å². The van der Waals surface area contributed by atoms with E-state index >= 15 is 0 Å². The topological polar surface area (TPSA) is 86.7 Å². The Morgan fingerprint density at radius 3 is 2.45 bits per heavy atom. The SMILES string of the molecule is CC1(C)C(=O)NC(=O)CN1C(C(=O)O)c1ccccc1. The molecule has 0 aromatic heterocycles. The monoisotopic (exact) mass is 276 g/mol. The van der Waals surface area contributed by atoms with Crippen molar-refractivity contribution in [1.29, 1.82) is 0 Å². The second-order valence-corrected chi connectivity index (χ2v) is 5.22. The maximum atomic E-state index is 11.9. The van der Waals surface area contributed by atoms with Gasteiger partial charge in [0.2, 0.25) is 11.8 Å². The van der Waals surface area contributed by atoms with Gasteiger partial charge in [-0.15, -0.1) is 0 Å². The largest absolute Gasteiger partial charge is 0.480 e. The number of nitrogens with one attached hydrogen (secondary N) is 1. The standard InChI is InChI=1S/C14H16N2O4/c1-14(2)13(20)15-10(17)8-16(14)11(12(18)19)9-6-4-3-5-7-9/h3-7,11H,8H2,1-2H3,(H,18,19)(H,15,17,20). The van der Waals surface area contributed by atoms with E-state index in [0.29, 0.717) is 5.56 Å². The first-order chi connectivity index (χ1) is 9.34. The molecular weight excluding hydrogens is 260 g/mol. The number of carbonyl (C=O) groups excluding carboxylic acids is 2. The van der Waals surface area contributed by atoms with Crippen LogP contribution in [-0.2, 0) is 14.4 Å². The molecule has 0 bridgehead atoms. The molecule has 2 N–H and O–H groups in total. The Balaban J connectivity index is 2.45. The lowest BCUT2D eigenvalue weighted by atomic mass is 9.93. The first-order valence-corrected chi connectivity index (χ1v) is 6.23. The van der Waals surface area contributed by atoms with Gasteiger partial charge in [-0.25, -0.2) is 0 Å². The van der Waals surface area contributed by atoms with Gasteiger partial charge in [-0.2, -0.15) is 0 Å². The zero-order valence-corrected chi connectivity index (χ0v) is 11.3. The van der Waals surface area contributed by atoms with Crippen LogP contribution in [0.3, 0.4) is 0 Å². The van der Waals surface area contributed by atoms with Crippen molar-refractivity contribution in [1.82, 2.24) is 10.2 Å². The normalized spacial score (nSPS) is 20.3. The van der Waals surface area contributed by atoms with Gasteiger partial charge in [0, 0.05) is 0 Å². The van der Waals surface area contributed by atoms with Crippen molar-refractivity contribution in [2.75, 3.05) is 6.54 Å². The number of hydrogen-bond donors (Lipinski definition) is 2. The van der Waals surface area contributed by atoms with E-state index in [1.807, 2.05) is 0 Å². The fourth-order valence-electron chi connectivity index (χ4n) is 2.31. The van der Waals surface area contributed by atoms with Crippen LogP contribution in [0, 0.1) is 0 Å². The number of nitrogens with zero attached hydrogens (tertiary/aromatic N) is 1. The highest BCUT2D eigenvalue weighted by atomic mass is 16.4. The third-order valence-corrected chi connectivity index (χ3v) is 3.50. The molecule has 1 aromatic carbocycles. The van der Waals surface area contributed by atoms with Crippen molar-refractivity contribution in [3.63, 3.8) is 0 Å². The van der Waals surface area contributed by atoms with E-state index in [9.17, 15) is 19.5 Å². The summed E-state index contributed by atoms with van der Waals surface area (Å²) in [5, 5.41) is 11.7. The molecule has 1 atom stereocenters. The van der Waals surface area contributed by atoms with E-state index in [4.69, 9.17) is 0 Å². The number of hydrogen-bond acceptors (Lipinski definition) is 4. The Hall–Kier alpha value is -2.21. The third-order valence-electron chi connectivity index (χ3n) is 3.50. The lowest BCUT2D eigenvalue weighted by molar-refractivity contribution is -0.155. The Morgan fingerprint density at radius 1 is 1.30 bits per heavy atom. The predicted molar refractivity (Wildman–Crippen MR) is 70.8 cm³/mol. The Kier molecular flexibility index (Phi) is 3.59. The van der Waals surface area contributed by atoms with E-state index in [-0.39, 0.29) is 6.54 Å². The van der Waals surface area contributed by atoms with Crippen LogP contribution in [0.15, 0.2) is 30.3 Å². The van der Waals surface area contributed by atoms with Crippen LogP contribution >= 0.6 is 0 Å². The Bertz CT molecular complexity index is 554. The van der Waals surface area contributed by atoms with Gasteiger partial charge in [-0.1, -0.05) is 30.3 Å². The van der Waals surface area contributed by atoms with Crippen molar-refractivity contribution >= 4 is 17.8 Å². The van der Waals surface area contributed by atoms with Crippen molar-refractivity contribution in [2.24, 2.45) is 0 Å². The molecule has 20 heavy (non-hydrogen) atoms. The second-order valence-electron chi connectivity index (χ2n) is 5.22. The average Bonchev–Trinajstić information content (AvgIpc) is 2.37. The van der Waals surface area contributed by atoms with Crippen LogP contribution in [0.5, 0.6) is 0 Å². The lowest BCUT2D eigenvalue weighted by Crippen LogP contribution is -2.65. The van der Waals surface area contributed by atoms with E-state index in [0.717, 1.165) is 0 Å². The molecule has 1 heterocycles. The molecule has 1 unspecified atom stereocenters. The molecule has 6 heteroatoms. The van der Waals surface area contributed by atoms with Gasteiger partial charge >= 0.3 is 5.97 Å². The summed E-state index contributed by atoms with van der Waals surface area (Å²) in [4.78, 5) is 36.5. The molecule has 6 nitrogen and oxygen atoms in total. The summed E-state index contributed by atoms with van der Waals surface area (Å²) < 4.78 is 0. The number of aliphatic carboxylic acids is 1. The van der Waals surface area contributed by atoms with Gasteiger partial charge in [0.15, 0.2) is 0 Å². The highest BCUT2D eigenvalue weighted by Crippen LogP contribution is 2.30. The van der Waals surface area contributed by atoms with Crippen LogP contribution in [0.1, 0.15) is 25.5 Å². The highest BCUT2D eigenvalue weighted by molar-refractivity contribution is 6.03. The number of carboxylic acids is 1. The zero-order valence-electron chi connectivity index (χ0n) is 11.3. The Labute approximate surface area is 116 Å². The van der Waals surface area contributed by atoms with E-state index in [1.54, 1.807) is 44.2 Å². The molecule has 106 valence electrons. The summed E-state index contributed by atoms with van der Waals surface area (Å²) in [5.74, 6) is -2.07. The molecular formula is C14H16N2O4. The van der Waals surface area contributed by atoms with Crippen molar-refractivity contribution in [3.8, 4) is 0 Å². The summed E-state index contributed by atoms with van der Waals surface area (Å²) in [6.45, 7) is 3.08. The van der Waals surface area contributed by atoms with Crippen LogP contribution in [-0.4, -0.2) is 39.9 Å². The molecule has 0 spiro atoms. The molecule has 2 rings (SSSR count). The first-order valence-electron chi connectivity index (χ1n) is 6.23. The Morgan fingerprint density at radius 2 is 1.90 bits per heavy atom. The average molecular weight is 276 g/mol. The summed E-state index contributed by atoms with van der Waals surface area (Å²) >= 11 is 0. The molecule has 0 saturated carbocycles. The zero-order chi connectivity index (χ0) is 14.9. The number of carbonyl (C=O) groups is 3. The number of amides is 2.